The van der Waals surface area contributed by atoms with Crippen LogP contribution in [-0.4, -0.2) is 27.2 Å². The zero-order valence-corrected chi connectivity index (χ0v) is 24.4. The molecule has 0 unspecified atom stereocenters. The number of rotatable bonds is 22. The van der Waals surface area contributed by atoms with E-state index in [-0.39, 0.29) is 16.4 Å². The molecule has 214 valence electrons. The minimum Gasteiger partial charge on any atom is -0.504 e. The molecule has 2 N–H and O–H groups in total. The van der Waals surface area contributed by atoms with Crippen LogP contribution in [-0.2, 0) is 10.0 Å². The van der Waals surface area contributed by atoms with Gasteiger partial charge >= 0.3 is 0 Å². The third-order valence-electron chi connectivity index (χ3n) is 6.83. The van der Waals surface area contributed by atoms with Crippen molar-refractivity contribution in [3.05, 3.63) is 42.5 Å². The minimum atomic E-state index is -3.76. The summed E-state index contributed by atoms with van der Waals surface area (Å²) in [5, 5.41) is 9.68. The third-order valence-corrected chi connectivity index (χ3v) is 8.23. The number of phenolic OH excluding ortho intramolecular Hbond substituents is 1. The molecule has 0 saturated heterocycles. The van der Waals surface area contributed by atoms with Crippen LogP contribution in [0.3, 0.4) is 0 Å². The average molecular weight is 548 g/mol. The maximum Gasteiger partial charge on any atom is 0.261 e. The van der Waals surface area contributed by atoms with Crippen molar-refractivity contribution in [2.45, 2.75) is 115 Å². The summed E-state index contributed by atoms with van der Waals surface area (Å²) in [4.78, 5) is 0.138. The lowest BCUT2D eigenvalue weighted by Gasteiger charge is -2.11. The summed E-state index contributed by atoms with van der Waals surface area (Å²) < 4.78 is 38.7. The number of unbranched alkanes of at least 4 members (excludes halogenated alkanes) is 15. The van der Waals surface area contributed by atoms with E-state index in [4.69, 9.17) is 9.47 Å². The van der Waals surface area contributed by atoms with E-state index in [9.17, 15) is 13.5 Å². The molecule has 6 nitrogen and oxygen atoms in total. The van der Waals surface area contributed by atoms with Crippen LogP contribution in [0.25, 0.3) is 0 Å². The molecule has 2 aromatic carbocycles. The van der Waals surface area contributed by atoms with Gasteiger partial charge < -0.3 is 14.6 Å². The first-order chi connectivity index (χ1) is 18.5. The molecule has 38 heavy (non-hydrogen) atoms. The molecule has 0 aromatic heterocycles. The van der Waals surface area contributed by atoms with Crippen LogP contribution in [0.5, 0.6) is 17.2 Å². The van der Waals surface area contributed by atoms with E-state index in [1.165, 1.54) is 127 Å². The highest BCUT2D eigenvalue weighted by Crippen LogP contribution is 2.30. The highest BCUT2D eigenvalue weighted by atomic mass is 32.2. The Balaban J connectivity index is 1.51. The van der Waals surface area contributed by atoms with Crippen LogP contribution in [0.15, 0.2) is 47.4 Å². The Morgan fingerprint density at radius 3 is 1.71 bits per heavy atom. The van der Waals surface area contributed by atoms with E-state index in [0.29, 0.717) is 18.0 Å². The van der Waals surface area contributed by atoms with Gasteiger partial charge in [-0.3, -0.25) is 4.72 Å². The highest BCUT2D eigenvalue weighted by Gasteiger charge is 2.15. The highest BCUT2D eigenvalue weighted by molar-refractivity contribution is 7.92. The molecule has 0 bridgehead atoms. The first-order valence-corrected chi connectivity index (χ1v) is 16.1. The van der Waals surface area contributed by atoms with Crippen molar-refractivity contribution in [1.82, 2.24) is 0 Å². The number of anilines is 1. The Morgan fingerprint density at radius 1 is 0.711 bits per heavy atom. The van der Waals surface area contributed by atoms with Crippen molar-refractivity contribution >= 4 is 15.7 Å². The van der Waals surface area contributed by atoms with Gasteiger partial charge in [-0.2, -0.15) is 0 Å². The van der Waals surface area contributed by atoms with Crippen LogP contribution in [0, 0.1) is 0 Å². The number of nitrogens with one attached hydrogen (secondary N) is 1. The fourth-order valence-corrected chi connectivity index (χ4v) is 5.56. The number of hydrogen-bond acceptors (Lipinski definition) is 5. The molecule has 0 amide bonds. The zero-order chi connectivity index (χ0) is 27.5. The maximum atomic E-state index is 12.7. The molecule has 0 radical (unpaired) electrons. The van der Waals surface area contributed by atoms with Crippen molar-refractivity contribution < 1.29 is 23.0 Å². The van der Waals surface area contributed by atoms with E-state index in [1.807, 2.05) is 0 Å². The van der Waals surface area contributed by atoms with Crippen LogP contribution in [0.2, 0.25) is 0 Å². The summed E-state index contributed by atoms with van der Waals surface area (Å²) in [7, 11) is -2.35. The molecule has 0 fully saturated rings. The van der Waals surface area contributed by atoms with Crippen molar-refractivity contribution in [2.75, 3.05) is 18.4 Å². The molecular weight excluding hydrogens is 498 g/mol. The zero-order valence-electron chi connectivity index (χ0n) is 23.6. The molecule has 0 atom stereocenters. The fraction of sp³-hybridized carbons (Fsp3) is 0.613. The number of sulfonamides is 1. The van der Waals surface area contributed by atoms with Crippen molar-refractivity contribution in [2.24, 2.45) is 0 Å². The van der Waals surface area contributed by atoms with Crippen LogP contribution < -0.4 is 14.2 Å². The number of aromatic hydroxyl groups is 1. The standard InChI is InChI=1S/C31H49NO5S/c1-3-4-5-6-7-8-9-10-11-12-13-14-15-16-17-18-25-37-28-20-22-29(23-21-28)38(34,35)32-27-19-24-30(33)31(26-27)36-2/h19-24,26,32-33H,3-18,25H2,1-2H3. The van der Waals surface area contributed by atoms with Gasteiger partial charge in [-0.15, -0.1) is 0 Å². The molecule has 7 heteroatoms. The van der Waals surface area contributed by atoms with Crippen molar-refractivity contribution in [3.63, 3.8) is 0 Å². The van der Waals surface area contributed by atoms with E-state index in [2.05, 4.69) is 11.6 Å². The molecular formula is C31H49NO5S. The largest absolute Gasteiger partial charge is 0.504 e. The lowest BCUT2D eigenvalue weighted by Crippen LogP contribution is -2.13. The van der Waals surface area contributed by atoms with E-state index >= 15 is 0 Å². The second-order valence-corrected chi connectivity index (χ2v) is 11.8. The maximum absolute atomic E-state index is 12.7. The second kappa shape index (κ2) is 18.8. The molecule has 0 aliphatic carbocycles. The van der Waals surface area contributed by atoms with Gasteiger partial charge in [-0.1, -0.05) is 103 Å². The van der Waals surface area contributed by atoms with E-state index < -0.39 is 10.0 Å². The summed E-state index contributed by atoms with van der Waals surface area (Å²) in [5.74, 6) is 0.806. The molecule has 0 aliphatic rings. The topological polar surface area (TPSA) is 84.9 Å². The number of benzene rings is 2. The molecule has 2 rings (SSSR count). The number of phenols is 1. The Morgan fingerprint density at radius 2 is 1.21 bits per heavy atom. The normalized spacial score (nSPS) is 11.4. The number of ether oxygens (including phenoxy) is 2. The Hall–Kier alpha value is -2.41. The first-order valence-electron chi connectivity index (χ1n) is 14.6. The summed E-state index contributed by atoms with van der Waals surface area (Å²) in [6.07, 6.45) is 21.4. The van der Waals surface area contributed by atoms with Crippen LogP contribution in [0.1, 0.15) is 110 Å². The van der Waals surface area contributed by atoms with Gasteiger partial charge in [0.1, 0.15) is 5.75 Å². The Kier molecular flexibility index (Phi) is 15.7. The lowest BCUT2D eigenvalue weighted by atomic mass is 10.0. The van der Waals surface area contributed by atoms with Crippen LogP contribution >= 0.6 is 0 Å². The average Bonchev–Trinajstić information content (AvgIpc) is 2.91. The minimum absolute atomic E-state index is 0.0544. The van der Waals surface area contributed by atoms with Gasteiger partial charge in [0, 0.05) is 6.07 Å². The van der Waals surface area contributed by atoms with Gasteiger partial charge in [-0.25, -0.2) is 8.42 Å². The van der Waals surface area contributed by atoms with Crippen molar-refractivity contribution in [3.8, 4) is 17.2 Å². The van der Waals surface area contributed by atoms with Gasteiger partial charge in [0.05, 0.1) is 24.3 Å². The van der Waals surface area contributed by atoms with Crippen LogP contribution in [0.4, 0.5) is 5.69 Å². The summed E-state index contributed by atoms with van der Waals surface area (Å²) in [6.45, 7) is 2.91. The molecule has 2 aromatic rings. The SMILES string of the molecule is CCCCCCCCCCCCCCCCCCOc1ccc(S(=O)(=O)Nc2ccc(O)c(OC)c2)cc1. The quantitative estimate of drug-likeness (QED) is 0.114. The van der Waals surface area contributed by atoms with Gasteiger partial charge in [0.2, 0.25) is 0 Å². The lowest BCUT2D eigenvalue weighted by molar-refractivity contribution is 0.304. The van der Waals surface area contributed by atoms with E-state index in [0.717, 1.165) is 12.8 Å². The van der Waals surface area contributed by atoms with Gasteiger partial charge in [-0.05, 0) is 42.8 Å². The van der Waals surface area contributed by atoms with Gasteiger partial charge in [0.25, 0.3) is 10.0 Å². The summed E-state index contributed by atoms with van der Waals surface area (Å²) in [6, 6.07) is 10.7. The Labute approximate surface area is 231 Å². The predicted molar refractivity (Wildman–Crippen MR) is 157 cm³/mol. The number of methoxy groups -OCH3 is 1. The third kappa shape index (κ3) is 12.9. The smallest absolute Gasteiger partial charge is 0.261 e. The number of hydrogen-bond donors (Lipinski definition) is 2. The molecule has 0 aliphatic heterocycles. The summed E-state index contributed by atoms with van der Waals surface area (Å²) >= 11 is 0. The fourth-order valence-electron chi connectivity index (χ4n) is 4.51. The van der Waals surface area contributed by atoms with Gasteiger partial charge in [0.15, 0.2) is 11.5 Å². The van der Waals surface area contributed by atoms with Crippen molar-refractivity contribution in [1.29, 1.82) is 0 Å². The monoisotopic (exact) mass is 547 g/mol. The molecule has 0 heterocycles. The van der Waals surface area contributed by atoms with E-state index in [1.54, 1.807) is 12.1 Å². The first kappa shape index (κ1) is 31.8. The molecule has 0 saturated carbocycles. The second-order valence-electron chi connectivity index (χ2n) is 10.1. The summed E-state index contributed by atoms with van der Waals surface area (Å²) in [5.41, 5.74) is 0.309. The Bertz CT molecular complexity index is 992. The molecule has 0 spiro atoms. The predicted octanol–water partition coefficient (Wildman–Crippen LogP) is 8.84.